The molecule has 1 aliphatic rings. The van der Waals surface area contributed by atoms with Crippen molar-refractivity contribution in [2.75, 3.05) is 39.9 Å². The molecular weight excluding hydrogens is 348 g/mol. The number of ether oxygens (including phenoxy) is 2. The molecule has 0 aromatic heterocycles. The van der Waals surface area contributed by atoms with Crippen LogP contribution in [0.1, 0.15) is 47.7 Å². The second-order valence-electron chi connectivity index (χ2n) is 7.64. The Labute approximate surface area is 169 Å². The van der Waals surface area contributed by atoms with Crippen LogP contribution in [0.4, 0.5) is 0 Å². The van der Waals surface area contributed by atoms with Crippen molar-refractivity contribution in [1.82, 2.24) is 10.2 Å². The maximum Gasteiger partial charge on any atom is 0.161 e. The molecule has 4 heteroatoms. The summed E-state index contributed by atoms with van der Waals surface area (Å²) in [6.45, 7) is 13.3. The lowest BCUT2D eigenvalue weighted by molar-refractivity contribution is 0.217. The molecule has 152 valence electrons. The first-order valence-corrected chi connectivity index (χ1v) is 10.4. The van der Waals surface area contributed by atoms with Gasteiger partial charge in [-0.3, -0.25) is 0 Å². The number of rotatable bonds is 8. The molecule has 2 aromatic carbocycles. The summed E-state index contributed by atoms with van der Waals surface area (Å²) in [5, 5.41) is 3.70. The van der Waals surface area contributed by atoms with E-state index in [2.05, 4.69) is 68.2 Å². The van der Waals surface area contributed by atoms with Gasteiger partial charge in [0.05, 0.1) is 13.2 Å². The van der Waals surface area contributed by atoms with Crippen molar-refractivity contribution in [3.8, 4) is 11.5 Å². The Bertz CT molecular complexity index is 779. The van der Waals surface area contributed by atoms with Crippen LogP contribution in [-0.4, -0.2) is 44.8 Å². The molecule has 0 spiro atoms. The van der Waals surface area contributed by atoms with Crippen LogP contribution in [-0.2, 0) is 6.42 Å². The van der Waals surface area contributed by atoms with Crippen molar-refractivity contribution >= 4 is 0 Å². The zero-order valence-corrected chi connectivity index (χ0v) is 18.0. The molecular formula is C24H34N2O2. The summed E-state index contributed by atoms with van der Waals surface area (Å²) in [6, 6.07) is 11.3. The first kappa shape index (κ1) is 20.7. The van der Waals surface area contributed by atoms with Gasteiger partial charge in [-0.15, -0.1) is 0 Å². The number of hydrogen-bond donors (Lipinski definition) is 1. The van der Waals surface area contributed by atoms with E-state index in [4.69, 9.17) is 9.47 Å². The third kappa shape index (κ3) is 4.68. The van der Waals surface area contributed by atoms with E-state index >= 15 is 0 Å². The van der Waals surface area contributed by atoms with E-state index in [9.17, 15) is 0 Å². The third-order valence-electron chi connectivity index (χ3n) is 5.62. The molecule has 1 heterocycles. The van der Waals surface area contributed by atoms with Gasteiger partial charge in [0.15, 0.2) is 11.5 Å². The van der Waals surface area contributed by atoms with Crippen LogP contribution in [0.5, 0.6) is 11.5 Å². The molecule has 1 unspecified atom stereocenters. The summed E-state index contributed by atoms with van der Waals surface area (Å²) in [4.78, 5) is 2.37. The fourth-order valence-electron chi connectivity index (χ4n) is 4.13. The SMILES string of the molecule is CCN(CC)CCOc1cc2c(cc1OC)CCNC2c1cc(C)cc(C)c1. The molecule has 0 saturated heterocycles. The minimum absolute atomic E-state index is 0.193. The first-order chi connectivity index (χ1) is 13.5. The molecule has 1 atom stereocenters. The quantitative estimate of drug-likeness (QED) is 0.739. The van der Waals surface area contributed by atoms with Gasteiger partial charge in [0, 0.05) is 13.1 Å². The Balaban J connectivity index is 1.89. The van der Waals surface area contributed by atoms with Gasteiger partial charge < -0.3 is 19.7 Å². The molecule has 1 N–H and O–H groups in total. The third-order valence-corrected chi connectivity index (χ3v) is 5.62. The Kier molecular flexibility index (Phi) is 6.97. The normalized spacial score (nSPS) is 16.1. The fourth-order valence-corrected chi connectivity index (χ4v) is 4.13. The molecule has 4 nitrogen and oxygen atoms in total. The molecule has 3 rings (SSSR count). The van der Waals surface area contributed by atoms with E-state index in [-0.39, 0.29) is 6.04 Å². The highest BCUT2D eigenvalue weighted by Gasteiger charge is 2.24. The van der Waals surface area contributed by atoms with Gasteiger partial charge >= 0.3 is 0 Å². The average molecular weight is 383 g/mol. The van der Waals surface area contributed by atoms with Gasteiger partial charge in [0.2, 0.25) is 0 Å². The minimum atomic E-state index is 0.193. The Morgan fingerprint density at radius 2 is 1.71 bits per heavy atom. The van der Waals surface area contributed by atoms with Crippen LogP contribution in [0, 0.1) is 13.8 Å². The fraction of sp³-hybridized carbons (Fsp3) is 0.500. The summed E-state index contributed by atoms with van der Waals surface area (Å²) in [6.07, 6.45) is 1.01. The number of likely N-dealkylation sites (N-methyl/N-ethyl adjacent to an activating group) is 1. The van der Waals surface area contributed by atoms with Gasteiger partial charge in [-0.25, -0.2) is 0 Å². The Hall–Kier alpha value is -2.04. The largest absolute Gasteiger partial charge is 0.493 e. The number of nitrogens with one attached hydrogen (secondary N) is 1. The van der Waals surface area contributed by atoms with Gasteiger partial charge in [-0.05, 0) is 62.2 Å². The van der Waals surface area contributed by atoms with Crippen LogP contribution in [0.15, 0.2) is 30.3 Å². The van der Waals surface area contributed by atoms with Crippen molar-refractivity contribution in [1.29, 1.82) is 0 Å². The van der Waals surface area contributed by atoms with Crippen molar-refractivity contribution in [3.05, 3.63) is 58.1 Å². The van der Waals surface area contributed by atoms with Gasteiger partial charge in [-0.2, -0.15) is 0 Å². The molecule has 2 aromatic rings. The van der Waals surface area contributed by atoms with Crippen LogP contribution in [0.3, 0.4) is 0 Å². The monoisotopic (exact) mass is 382 g/mol. The first-order valence-electron chi connectivity index (χ1n) is 10.4. The average Bonchev–Trinajstić information content (AvgIpc) is 2.69. The van der Waals surface area contributed by atoms with E-state index in [0.29, 0.717) is 6.61 Å². The molecule has 0 bridgehead atoms. The Morgan fingerprint density at radius 3 is 2.36 bits per heavy atom. The number of hydrogen-bond acceptors (Lipinski definition) is 4. The van der Waals surface area contributed by atoms with Crippen molar-refractivity contribution in [3.63, 3.8) is 0 Å². The Morgan fingerprint density at radius 1 is 1.00 bits per heavy atom. The van der Waals surface area contributed by atoms with Crippen LogP contribution >= 0.6 is 0 Å². The highest BCUT2D eigenvalue weighted by Crippen LogP contribution is 2.38. The van der Waals surface area contributed by atoms with Gasteiger partial charge in [-0.1, -0.05) is 43.2 Å². The zero-order chi connectivity index (χ0) is 20.1. The molecule has 1 aliphatic heterocycles. The molecule has 0 saturated carbocycles. The lowest BCUT2D eigenvalue weighted by Crippen LogP contribution is -2.31. The topological polar surface area (TPSA) is 33.7 Å². The van der Waals surface area contributed by atoms with Crippen molar-refractivity contribution in [2.45, 2.75) is 40.2 Å². The van der Waals surface area contributed by atoms with Crippen LogP contribution in [0.25, 0.3) is 0 Å². The predicted octanol–water partition coefficient (Wildman–Crippen LogP) is 4.27. The van der Waals surface area contributed by atoms with Crippen LogP contribution in [0.2, 0.25) is 0 Å². The van der Waals surface area contributed by atoms with E-state index in [1.54, 1.807) is 7.11 Å². The van der Waals surface area contributed by atoms with Gasteiger partial charge in [0.1, 0.15) is 6.61 Å². The number of nitrogens with zero attached hydrogens (tertiary/aromatic N) is 1. The smallest absolute Gasteiger partial charge is 0.161 e. The number of benzene rings is 2. The van der Waals surface area contributed by atoms with Gasteiger partial charge in [0.25, 0.3) is 0 Å². The predicted molar refractivity (Wildman–Crippen MR) is 116 cm³/mol. The standard InChI is InChI=1S/C24H34N2O2/c1-6-26(7-2)10-11-28-23-16-21-19(15-22(23)27-5)8-9-25-24(21)20-13-17(3)12-18(4)14-20/h12-16,24-25H,6-11H2,1-5H3. The number of fused-ring (bicyclic) bond motifs is 1. The van der Waals surface area contributed by atoms with Crippen molar-refractivity contribution in [2.24, 2.45) is 0 Å². The lowest BCUT2D eigenvalue weighted by Gasteiger charge is -2.29. The second-order valence-corrected chi connectivity index (χ2v) is 7.64. The van der Waals surface area contributed by atoms with E-state index < -0.39 is 0 Å². The highest BCUT2D eigenvalue weighted by molar-refractivity contribution is 5.52. The highest BCUT2D eigenvalue weighted by atomic mass is 16.5. The lowest BCUT2D eigenvalue weighted by atomic mass is 9.88. The minimum Gasteiger partial charge on any atom is -0.493 e. The summed E-state index contributed by atoms with van der Waals surface area (Å²) < 4.78 is 11.8. The van der Waals surface area contributed by atoms with E-state index in [1.807, 2.05) is 0 Å². The second kappa shape index (κ2) is 9.44. The number of aryl methyl sites for hydroxylation is 2. The molecule has 28 heavy (non-hydrogen) atoms. The zero-order valence-electron chi connectivity index (χ0n) is 18.0. The summed E-state index contributed by atoms with van der Waals surface area (Å²) in [5.41, 5.74) is 6.56. The molecule has 0 amide bonds. The van der Waals surface area contributed by atoms with E-state index in [0.717, 1.165) is 44.1 Å². The summed E-state index contributed by atoms with van der Waals surface area (Å²) in [7, 11) is 1.72. The van der Waals surface area contributed by atoms with E-state index in [1.165, 1.54) is 27.8 Å². The molecule has 0 radical (unpaired) electrons. The summed E-state index contributed by atoms with van der Waals surface area (Å²) >= 11 is 0. The summed E-state index contributed by atoms with van der Waals surface area (Å²) in [5.74, 6) is 1.67. The maximum atomic E-state index is 6.17. The van der Waals surface area contributed by atoms with Crippen molar-refractivity contribution < 1.29 is 9.47 Å². The molecule has 0 fully saturated rings. The maximum absolute atomic E-state index is 6.17. The van der Waals surface area contributed by atoms with Crippen LogP contribution < -0.4 is 14.8 Å². The number of methoxy groups -OCH3 is 1. The molecule has 0 aliphatic carbocycles.